The van der Waals surface area contributed by atoms with Crippen LogP contribution >= 0.6 is 0 Å². The number of methoxy groups -OCH3 is 1. The molecule has 0 bridgehead atoms. The molecule has 0 aliphatic rings. The van der Waals surface area contributed by atoms with Crippen LogP contribution in [0.5, 0.6) is 5.75 Å². The predicted molar refractivity (Wildman–Crippen MR) is 85.9 cm³/mol. The van der Waals surface area contributed by atoms with Gasteiger partial charge in [-0.1, -0.05) is 6.07 Å². The summed E-state index contributed by atoms with van der Waals surface area (Å²) in [4.78, 5) is 4.26. The van der Waals surface area contributed by atoms with Gasteiger partial charge < -0.3 is 9.15 Å². The van der Waals surface area contributed by atoms with Crippen LogP contribution in [0.4, 0.5) is 0 Å². The SMILES string of the molecule is COc1ccc(S(=O)(=O)NCCc2ccc3ncoc3c2)cc1. The van der Waals surface area contributed by atoms with E-state index in [0.717, 1.165) is 11.1 Å². The first-order valence-corrected chi connectivity index (χ1v) is 8.53. The first-order chi connectivity index (χ1) is 11.1. The Morgan fingerprint density at radius 3 is 2.70 bits per heavy atom. The molecule has 7 heteroatoms. The van der Waals surface area contributed by atoms with Crippen molar-refractivity contribution < 1.29 is 17.6 Å². The Hall–Kier alpha value is -2.38. The molecule has 0 radical (unpaired) electrons. The lowest BCUT2D eigenvalue weighted by Gasteiger charge is -2.07. The van der Waals surface area contributed by atoms with E-state index in [4.69, 9.17) is 9.15 Å². The molecule has 0 aliphatic heterocycles. The van der Waals surface area contributed by atoms with Gasteiger partial charge in [0.15, 0.2) is 12.0 Å². The van der Waals surface area contributed by atoms with Crippen molar-refractivity contribution in [2.24, 2.45) is 0 Å². The van der Waals surface area contributed by atoms with Crippen LogP contribution in [0.1, 0.15) is 5.56 Å². The lowest BCUT2D eigenvalue weighted by molar-refractivity contribution is 0.414. The number of sulfonamides is 1. The normalized spacial score (nSPS) is 11.7. The summed E-state index contributed by atoms with van der Waals surface area (Å²) in [5.41, 5.74) is 2.46. The van der Waals surface area contributed by atoms with Crippen LogP contribution in [0.25, 0.3) is 11.1 Å². The number of fused-ring (bicyclic) bond motifs is 1. The third-order valence-electron chi connectivity index (χ3n) is 3.47. The van der Waals surface area contributed by atoms with E-state index >= 15 is 0 Å². The van der Waals surface area contributed by atoms with Crippen molar-refractivity contribution in [2.75, 3.05) is 13.7 Å². The highest BCUT2D eigenvalue weighted by atomic mass is 32.2. The maximum absolute atomic E-state index is 12.2. The number of aromatic nitrogens is 1. The number of oxazole rings is 1. The van der Waals surface area contributed by atoms with Crippen molar-refractivity contribution in [3.8, 4) is 5.75 Å². The zero-order chi connectivity index (χ0) is 16.3. The van der Waals surface area contributed by atoms with Gasteiger partial charge in [-0.3, -0.25) is 0 Å². The highest BCUT2D eigenvalue weighted by Gasteiger charge is 2.13. The third kappa shape index (κ3) is 3.52. The zero-order valence-corrected chi connectivity index (χ0v) is 13.3. The van der Waals surface area contributed by atoms with Gasteiger partial charge in [-0.2, -0.15) is 0 Å². The molecule has 6 nitrogen and oxygen atoms in total. The van der Waals surface area contributed by atoms with Crippen LogP contribution in [0.2, 0.25) is 0 Å². The van der Waals surface area contributed by atoms with Crippen LogP contribution in [-0.4, -0.2) is 27.1 Å². The van der Waals surface area contributed by atoms with Crippen LogP contribution in [0.15, 0.2) is 58.2 Å². The van der Waals surface area contributed by atoms with Gasteiger partial charge in [-0.15, -0.1) is 0 Å². The summed E-state index contributed by atoms with van der Waals surface area (Å²) in [6.07, 6.45) is 1.95. The molecule has 120 valence electrons. The monoisotopic (exact) mass is 332 g/mol. The first-order valence-electron chi connectivity index (χ1n) is 7.04. The Labute approximate surface area is 134 Å². The largest absolute Gasteiger partial charge is 0.497 e. The fraction of sp³-hybridized carbons (Fsp3) is 0.188. The Morgan fingerprint density at radius 2 is 1.96 bits per heavy atom. The van der Waals surface area contributed by atoms with Gasteiger partial charge in [0.1, 0.15) is 11.3 Å². The minimum Gasteiger partial charge on any atom is -0.497 e. The van der Waals surface area contributed by atoms with Crippen LogP contribution in [-0.2, 0) is 16.4 Å². The Morgan fingerprint density at radius 1 is 1.17 bits per heavy atom. The number of hydrogen-bond acceptors (Lipinski definition) is 5. The van der Waals surface area contributed by atoms with Gasteiger partial charge in [0.05, 0.1) is 12.0 Å². The van der Waals surface area contributed by atoms with E-state index in [1.165, 1.54) is 25.6 Å². The van der Waals surface area contributed by atoms with E-state index in [1.807, 2.05) is 18.2 Å². The van der Waals surface area contributed by atoms with Crippen molar-refractivity contribution in [3.63, 3.8) is 0 Å². The van der Waals surface area contributed by atoms with E-state index in [9.17, 15) is 8.42 Å². The number of rotatable bonds is 6. The fourth-order valence-corrected chi connectivity index (χ4v) is 3.25. The van der Waals surface area contributed by atoms with E-state index in [-0.39, 0.29) is 4.90 Å². The van der Waals surface area contributed by atoms with Crippen molar-refractivity contribution in [3.05, 3.63) is 54.4 Å². The topological polar surface area (TPSA) is 81.4 Å². The van der Waals surface area contributed by atoms with Gasteiger partial charge in [-0.25, -0.2) is 18.1 Å². The number of hydrogen-bond donors (Lipinski definition) is 1. The van der Waals surface area contributed by atoms with Crippen molar-refractivity contribution in [1.29, 1.82) is 0 Å². The third-order valence-corrected chi connectivity index (χ3v) is 4.95. The predicted octanol–water partition coefficient (Wildman–Crippen LogP) is 2.36. The van der Waals surface area contributed by atoms with Gasteiger partial charge in [0, 0.05) is 6.54 Å². The Kier molecular flexibility index (Phi) is 4.31. The summed E-state index contributed by atoms with van der Waals surface area (Å²) >= 11 is 0. The number of nitrogens with one attached hydrogen (secondary N) is 1. The fourth-order valence-electron chi connectivity index (χ4n) is 2.22. The number of benzene rings is 2. The van der Waals surface area contributed by atoms with Crippen LogP contribution in [0.3, 0.4) is 0 Å². The molecule has 1 N–H and O–H groups in total. The standard InChI is InChI=1S/C16H16N2O4S/c1-21-13-3-5-14(6-4-13)23(19,20)18-9-8-12-2-7-15-16(10-12)22-11-17-15/h2-7,10-11,18H,8-9H2,1H3. The number of nitrogens with zero attached hydrogens (tertiary/aromatic N) is 1. The highest BCUT2D eigenvalue weighted by Crippen LogP contribution is 2.16. The molecule has 0 atom stereocenters. The minimum atomic E-state index is -3.53. The van der Waals surface area contributed by atoms with Crippen molar-refractivity contribution in [2.45, 2.75) is 11.3 Å². The molecular weight excluding hydrogens is 316 g/mol. The molecule has 0 saturated carbocycles. The summed E-state index contributed by atoms with van der Waals surface area (Å²) < 4.78 is 37.3. The van der Waals surface area contributed by atoms with Crippen LogP contribution < -0.4 is 9.46 Å². The lowest BCUT2D eigenvalue weighted by atomic mass is 10.1. The summed E-state index contributed by atoms with van der Waals surface area (Å²) in [6, 6.07) is 11.9. The van der Waals surface area contributed by atoms with Gasteiger partial charge in [-0.05, 0) is 48.4 Å². The van der Waals surface area contributed by atoms with Gasteiger partial charge in [0.2, 0.25) is 10.0 Å². The molecule has 1 aromatic heterocycles. The lowest BCUT2D eigenvalue weighted by Crippen LogP contribution is -2.25. The number of ether oxygens (including phenoxy) is 1. The summed E-state index contributed by atoms with van der Waals surface area (Å²) in [5.74, 6) is 0.615. The van der Waals surface area contributed by atoms with E-state index in [2.05, 4.69) is 9.71 Å². The maximum Gasteiger partial charge on any atom is 0.240 e. The molecule has 0 unspecified atom stereocenters. The molecule has 0 aliphatic carbocycles. The van der Waals surface area contributed by atoms with Gasteiger partial charge >= 0.3 is 0 Å². The summed E-state index contributed by atoms with van der Waals surface area (Å²) in [6.45, 7) is 0.300. The minimum absolute atomic E-state index is 0.212. The van der Waals surface area contributed by atoms with Crippen LogP contribution in [0, 0.1) is 0 Å². The van der Waals surface area contributed by atoms with E-state index in [0.29, 0.717) is 24.3 Å². The van der Waals surface area contributed by atoms with E-state index < -0.39 is 10.0 Å². The molecule has 1 heterocycles. The molecule has 0 spiro atoms. The Balaban J connectivity index is 1.64. The Bertz CT molecular complexity index is 901. The molecular formula is C16H16N2O4S. The second-order valence-corrected chi connectivity index (χ2v) is 6.74. The summed E-state index contributed by atoms with van der Waals surface area (Å²) in [7, 11) is -1.99. The molecule has 23 heavy (non-hydrogen) atoms. The molecule has 3 aromatic rings. The average Bonchev–Trinajstić information content (AvgIpc) is 3.02. The molecule has 0 amide bonds. The smallest absolute Gasteiger partial charge is 0.240 e. The van der Waals surface area contributed by atoms with Crippen molar-refractivity contribution in [1.82, 2.24) is 9.71 Å². The molecule has 0 saturated heterocycles. The van der Waals surface area contributed by atoms with E-state index in [1.54, 1.807) is 12.1 Å². The molecule has 2 aromatic carbocycles. The zero-order valence-electron chi connectivity index (χ0n) is 12.5. The molecule has 3 rings (SSSR count). The van der Waals surface area contributed by atoms with Gasteiger partial charge in [0.25, 0.3) is 0 Å². The quantitative estimate of drug-likeness (QED) is 0.749. The van der Waals surface area contributed by atoms with Crippen molar-refractivity contribution >= 4 is 21.1 Å². The highest BCUT2D eigenvalue weighted by molar-refractivity contribution is 7.89. The summed E-state index contributed by atoms with van der Waals surface area (Å²) in [5, 5.41) is 0. The maximum atomic E-state index is 12.2. The second kappa shape index (κ2) is 6.39. The first kappa shape index (κ1) is 15.5. The molecule has 0 fully saturated rings. The second-order valence-electron chi connectivity index (χ2n) is 4.98. The average molecular weight is 332 g/mol.